The highest BCUT2D eigenvalue weighted by molar-refractivity contribution is 5.51. The maximum atomic E-state index is 10.4. The van der Waals surface area contributed by atoms with E-state index in [0.717, 1.165) is 29.5 Å². The Hall–Kier alpha value is -2.22. The highest BCUT2D eigenvalue weighted by atomic mass is 16.5. The average molecular weight is 414 g/mol. The molecule has 1 saturated heterocycles. The summed E-state index contributed by atoms with van der Waals surface area (Å²) in [7, 11) is 0. The van der Waals surface area contributed by atoms with Gasteiger partial charge in [-0.3, -0.25) is 0 Å². The Morgan fingerprint density at radius 3 is 2.30 bits per heavy atom. The zero-order valence-corrected chi connectivity index (χ0v) is 17.2. The fraction of sp³-hybridized carbons (Fsp3) is 0.417. The van der Waals surface area contributed by atoms with Gasteiger partial charge in [-0.05, 0) is 54.5 Å². The number of nitrogen functional groups attached to an aromatic ring is 1. The number of hydrogen-bond acceptors (Lipinski definition) is 6. The number of anilines is 1. The van der Waals surface area contributed by atoms with E-state index in [4.69, 9.17) is 10.5 Å². The molecule has 6 nitrogen and oxygen atoms in total. The minimum Gasteiger partial charge on any atom is -0.398 e. The minimum absolute atomic E-state index is 0.457. The first-order valence-electron chi connectivity index (χ1n) is 10.2. The van der Waals surface area contributed by atoms with Crippen LogP contribution in [-0.4, -0.2) is 51.4 Å². The number of rotatable bonds is 7. The fourth-order valence-corrected chi connectivity index (χ4v) is 3.73. The van der Waals surface area contributed by atoms with E-state index in [0.29, 0.717) is 17.7 Å². The third-order valence-electron chi connectivity index (χ3n) is 5.65. The lowest BCUT2D eigenvalue weighted by Gasteiger charge is -2.40. The molecule has 0 amide bonds. The Morgan fingerprint density at radius 1 is 1.00 bits per heavy atom. The molecule has 0 radical (unpaired) electrons. The van der Waals surface area contributed by atoms with Crippen LogP contribution in [0.3, 0.4) is 0 Å². The van der Waals surface area contributed by atoms with Gasteiger partial charge in [0.15, 0.2) is 0 Å². The van der Waals surface area contributed by atoms with Crippen LogP contribution in [0.1, 0.15) is 41.7 Å². The van der Waals surface area contributed by atoms with Crippen molar-refractivity contribution in [1.29, 1.82) is 0 Å². The molecule has 1 aliphatic heterocycles. The highest BCUT2D eigenvalue weighted by Gasteiger charge is 2.43. The van der Waals surface area contributed by atoms with Crippen molar-refractivity contribution in [3.05, 3.63) is 76.9 Å². The Kier molecular flexibility index (Phi) is 7.28. The van der Waals surface area contributed by atoms with Crippen LogP contribution in [0.2, 0.25) is 0 Å². The summed E-state index contributed by atoms with van der Waals surface area (Å²) < 4.78 is 5.67. The lowest BCUT2D eigenvalue weighted by atomic mass is 9.89. The molecule has 162 valence electrons. The van der Waals surface area contributed by atoms with Crippen LogP contribution < -0.4 is 5.73 Å². The zero-order chi connectivity index (χ0) is 21.8. The number of aliphatic hydroxyl groups is 4. The topological polar surface area (TPSA) is 116 Å². The number of hydrogen-bond donors (Lipinski definition) is 5. The van der Waals surface area contributed by atoms with E-state index in [-0.39, 0.29) is 0 Å². The van der Waals surface area contributed by atoms with Gasteiger partial charge in [-0.25, -0.2) is 0 Å². The lowest BCUT2D eigenvalue weighted by molar-refractivity contribution is -0.231. The quantitative estimate of drug-likeness (QED) is 0.350. The van der Waals surface area contributed by atoms with Gasteiger partial charge in [0.05, 0.1) is 6.61 Å². The Balaban J connectivity index is 1.77. The predicted octanol–water partition coefficient (Wildman–Crippen LogP) is 1.88. The second-order valence-electron chi connectivity index (χ2n) is 8.16. The summed E-state index contributed by atoms with van der Waals surface area (Å²) in [6.45, 7) is 5.51. The van der Waals surface area contributed by atoms with Crippen LogP contribution in [0.5, 0.6) is 0 Å². The van der Waals surface area contributed by atoms with Gasteiger partial charge < -0.3 is 30.9 Å². The molecule has 0 saturated carbocycles. The third kappa shape index (κ3) is 5.09. The van der Waals surface area contributed by atoms with E-state index in [1.165, 1.54) is 5.56 Å². The number of nitrogens with two attached hydrogens (primary N) is 1. The number of aliphatic hydroxyl groups excluding tert-OH is 4. The molecule has 6 heteroatoms. The second kappa shape index (κ2) is 9.73. The molecule has 0 bridgehead atoms. The molecule has 0 unspecified atom stereocenters. The largest absolute Gasteiger partial charge is 0.398 e. The first-order valence-corrected chi connectivity index (χ1v) is 10.2. The summed E-state index contributed by atoms with van der Waals surface area (Å²) in [6, 6.07) is 13.7. The van der Waals surface area contributed by atoms with Crippen LogP contribution in [0.25, 0.3) is 0 Å². The minimum atomic E-state index is -1.41. The predicted molar refractivity (Wildman–Crippen MR) is 116 cm³/mol. The molecule has 5 atom stereocenters. The Morgan fingerprint density at radius 2 is 1.67 bits per heavy atom. The van der Waals surface area contributed by atoms with Gasteiger partial charge in [-0.15, -0.1) is 6.58 Å². The molecule has 3 rings (SSSR count). The third-order valence-corrected chi connectivity index (χ3v) is 5.65. The molecule has 1 fully saturated rings. The van der Waals surface area contributed by atoms with Crippen molar-refractivity contribution in [2.24, 2.45) is 0 Å². The number of ether oxygens (including phenoxy) is 1. The molecule has 1 aliphatic rings. The van der Waals surface area contributed by atoms with Gasteiger partial charge in [0.2, 0.25) is 0 Å². The van der Waals surface area contributed by atoms with E-state index in [1.54, 1.807) is 12.1 Å². The summed E-state index contributed by atoms with van der Waals surface area (Å²) in [5, 5.41) is 39.9. The van der Waals surface area contributed by atoms with Gasteiger partial charge in [-0.1, -0.05) is 42.0 Å². The van der Waals surface area contributed by atoms with E-state index in [2.05, 4.69) is 30.8 Å². The molecule has 0 aliphatic carbocycles. The van der Waals surface area contributed by atoms with Crippen LogP contribution >= 0.6 is 0 Å². The van der Waals surface area contributed by atoms with Gasteiger partial charge in [0, 0.05) is 5.69 Å². The maximum absolute atomic E-state index is 10.4. The second-order valence-corrected chi connectivity index (χ2v) is 8.16. The molecule has 6 N–H and O–H groups in total. The van der Waals surface area contributed by atoms with Crippen molar-refractivity contribution in [2.75, 3.05) is 12.3 Å². The lowest BCUT2D eigenvalue weighted by Crippen LogP contribution is -2.55. The Bertz CT molecular complexity index is 864. The van der Waals surface area contributed by atoms with Gasteiger partial charge >= 0.3 is 0 Å². The standard InChI is InChI=1S/C24H31NO5/c1-14(2)3-4-15-5-7-16(8-6-15)11-18-12-17(9-10-19(18)25)24-23(29)22(28)21(27)20(13-26)30-24/h5-10,12,20-24,26-29H,1,3-4,11,13,25H2,2H3/t20-,21-,22+,23-,24+/m1/s1. The first-order chi connectivity index (χ1) is 14.3. The summed E-state index contributed by atoms with van der Waals surface area (Å²) in [6.07, 6.45) is -3.38. The highest BCUT2D eigenvalue weighted by Crippen LogP contribution is 2.34. The molecule has 2 aromatic carbocycles. The van der Waals surface area contributed by atoms with Crippen molar-refractivity contribution in [1.82, 2.24) is 0 Å². The van der Waals surface area contributed by atoms with Gasteiger partial charge in [0.1, 0.15) is 30.5 Å². The fourth-order valence-electron chi connectivity index (χ4n) is 3.73. The normalized spacial score (nSPS) is 26.5. The summed E-state index contributed by atoms with van der Waals surface area (Å²) in [5.41, 5.74) is 11.8. The van der Waals surface area contributed by atoms with Gasteiger partial charge in [0.25, 0.3) is 0 Å². The molecule has 30 heavy (non-hydrogen) atoms. The summed E-state index contributed by atoms with van der Waals surface area (Å²) >= 11 is 0. The van der Waals surface area contributed by atoms with E-state index < -0.39 is 37.1 Å². The van der Waals surface area contributed by atoms with Crippen molar-refractivity contribution in [2.45, 2.75) is 56.7 Å². The van der Waals surface area contributed by atoms with Crippen molar-refractivity contribution in [3.63, 3.8) is 0 Å². The van der Waals surface area contributed by atoms with Gasteiger partial charge in [-0.2, -0.15) is 0 Å². The van der Waals surface area contributed by atoms with E-state index in [9.17, 15) is 20.4 Å². The molecular formula is C24H31NO5. The number of allylic oxidation sites excluding steroid dienone is 1. The molecule has 0 spiro atoms. The zero-order valence-electron chi connectivity index (χ0n) is 17.2. The molecule has 0 aromatic heterocycles. The number of benzene rings is 2. The Labute approximate surface area is 177 Å². The summed E-state index contributed by atoms with van der Waals surface area (Å²) in [5.74, 6) is 0. The van der Waals surface area contributed by atoms with Crippen molar-refractivity contribution < 1.29 is 25.2 Å². The molecular weight excluding hydrogens is 382 g/mol. The maximum Gasteiger partial charge on any atom is 0.113 e. The first kappa shape index (κ1) is 22.5. The molecule has 1 heterocycles. The van der Waals surface area contributed by atoms with E-state index in [1.807, 2.05) is 13.0 Å². The number of aryl methyl sites for hydroxylation is 1. The van der Waals surface area contributed by atoms with Crippen LogP contribution in [0.15, 0.2) is 54.6 Å². The van der Waals surface area contributed by atoms with Crippen LogP contribution in [0, 0.1) is 0 Å². The molecule has 2 aromatic rings. The van der Waals surface area contributed by atoms with Crippen molar-refractivity contribution in [3.8, 4) is 0 Å². The van der Waals surface area contributed by atoms with Crippen LogP contribution in [-0.2, 0) is 17.6 Å². The monoisotopic (exact) mass is 413 g/mol. The van der Waals surface area contributed by atoms with Crippen LogP contribution in [0.4, 0.5) is 5.69 Å². The van der Waals surface area contributed by atoms with Crippen molar-refractivity contribution >= 4 is 5.69 Å². The smallest absolute Gasteiger partial charge is 0.113 e. The SMILES string of the molecule is C=C(C)CCc1ccc(Cc2cc([C@@H]3O[C@H](CO)[C@@H](O)[C@H](O)[C@H]3O)ccc2N)cc1. The summed E-state index contributed by atoms with van der Waals surface area (Å²) in [4.78, 5) is 0. The average Bonchev–Trinajstić information content (AvgIpc) is 2.73. The van der Waals surface area contributed by atoms with E-state index >= 15 is 0 Å².